The zero-order valence-electron chi connectivity index (χ0n) is 12.5. The number of para-hydroxylation sites is 1. The average Bonchev–Trinajstić information content (AvgIpc) is 2.89. The van der Waals surface area contributed by atoms with Crippen LogP contribution < -0.4 is 5.32 Å². The standard InChI is InChI=1S/C16H18N2O4S/c19-15(17-11-5-7-23(22)8-6-11)10-18-9-13(16(20)21)12-3-1-2-4-14(12)18/h1-4,9,11H,5-8,10H2,(H,17,19)(H,20,21). The van der Waals surface area contributed by atoms with E-state index >= 15 is 0 Å². The lowest BCUT2D eigenvalue weighted by molar-refractivity contribution is -0.122. The minimum absolute atomic E-state index is 0.0565. The van der Waals surface area contributed by atoms with E-state index in [1.165, 1.54) is 6.20 Å². The first-order valence-corrected chi connectivity index (χ1v) is 8.99. The van der Waals surface area contributed by atoms with Crippen LogP contribution in [0.4, 0.5) is 0 Å². The minimum Gasteiger partial charge on any atom is -0.478 e. The molecule has 1 fully saturated rings. The number of fused-ring (bicyclic) bond motifs is 1. The number of carbonyl (C=O) groups is 2. The van der Waals surface area contributed by atoms with E-state index in [4.69, 9.17) is 0 Å². The molecule has 0 spiro atoms. The monoisotopic (exact) mass is 334 g/mol. The van der Waals surface area contributed by atoms with E-state index in [0.717, 1.165) is 18.4 Å². The number of nitrogens with zero attached hydrogens (tertiary/aromatic N) is 1. The van der Waals surface area contributed by atoms with Crippen molar-refractivity contribution >= 4 is 33.6 Å². The largest absolute Gasteiger partial charge is 0.478 e. The van der Waals surface area contributed by atoms with Gasteiger partial charge in [-0.15, -0.1) is 0 Å². The van der Waals surface area contributed by atoms with Gasteiger partial charge in [0.05, 0.1) is 5.56 Å². The molecular weight excluding hydrogens is 316 g/mol. The number of carbonyl (C=O) groups excluding carboxylic acids is 1. The van der Waals surface area contributed by atoms with Gasteiger partial charge in [0, 0.05) is 45.4 Å². The Bertz CT molecular complexity index is 773. The number of rotatable bonds is 4. The number of amides is 1. The fourth-order valence-electron chi connectivity index (χ4n) is 2.91. The molecule has 0 atom stereocenters. The van der Waals surface area contributed by atoms with Gasteiger partial charge in [-0.1, -0.05) is 18.2 Å². The van der Waals surface area contributed by atoms with Crippen molar-refractivity contribution in [3.05, 3.63) is 36.0 Å². The van der Waals surface area contributed by atoms with E-state index in [2.05, 4.69) is 5.32 Å². The van der Waals surface area contributed by atoms with Gasteiger partial charge in [-0.05, 0) is 18.9 Å². The van der Waals surface area contributed by atoms with Gasteiger partial charge in [-0.25, -0.2) is 4.79 Å². The highest BCUT2D eigenvalue weighted by atomic mass is 32.2. The summed E-state index contributed by atoms with van der Waals surface area (Å²) in [5.74, 6) is 0.0942. The van der Waals surface area contributed by atoms with Crippen LogP contribution in [0, 0.1) is 0 Å². The Morgan fingerprint density at radius 1 is 1.26 bits per heavy atom. The van der Waals surface area contributed by atoms with Gasteiger partial charge < -0.3 is 15.0 Å². The molecule has 0 aliphatic carbocycles. The highest BCUT2D eigenvalue weighted by Gasteiger charge is 2.20. The number of carboxylic acids is 1. The zero-order valence-corrected chi connectivity index (χ0v) is 13.3. The van der Waals surface area contributed by atoms with E-state index in [-0.39, 0.29) is 24.1 Å². The van der Waals surface area contributed by atoms with Gasteiger partial charge in [0.1, 0.15) is 6.54 Å². The van der Waals surface area contributed by atoms with Gasteiger partial charge in [-0.3, -0.25) is 9.00 Å². The Kier molecular flexibility index (Phi) is 4.47. The third-order valence-electron chi connectivity index (χ3n) is 4.09. The van der Waals surface area contributed by atoms with E-state index in [9.17, 15) is 18.9 Å². The minimum atomic E-state index is -1.00. The summed E-state index contributed by atoms with van der Waals surface area (Å²) in [6.45, 7) is 0.0768. The van der Waals surface area contributed by atoms with E-state index in [1.54, 1.807) is 22.8 Å². The topological polar surface area (TPSA) is 88.4 Å². The highest BCUT2D eigenvalue weighted by molar-refractivity contribution is 7.85. The van der Waals surface area contributed by atoms with Crippen molar-refractivity contribution in [1.82, 2.24) is 9.88 Å². The molecule has 23 heavy (non-hydrogen) atoms. The van der Waals surface area contributed by atoms with Crippen molar-refractivity contribution < 1.29 is 18.9 Å². The second kappa shape index (κ2) is 6.54. The van der Waals surface area contributed by atoms with Crippen molar-refractivity contribution in [2.24, 2.45) is 0 Å². The first-order chi connectivity index (χ1) is 11.0. The lowest BCUT2D eigenvalue weighted by Gasteiger charge is -2.22. The molecule has 1 saturated heterocycles. The Morgan fingerprint density at radius 2 is 1.96 bits per heavy atom. The third-order valence-corrected chi connectivity index (χ3v) is 5.47. The van der Waals surface area contributed by atoms with Crippen LogP contribution >= 0.6 is 0 Å². The lowest BCUT2D eigenvalue weighted by atomic mass is 10.1. The van der Waals surface area contributed by atoms with Crippen LogP contribution in [0.15, 0.2) is 30.5 Å². The first kappa shape index (κ1) is 15.7. The Balaban J connectivity index is 1.75. The maximum absolute atomic E-state index is 12.2. The third kappa shape index (κ3) is 3.44. The highest BCUT2D eigenvalue weighted by Crippen LogP contribution is 2.21. The molecule has 7 heteroatoms. The van der Waals surface area contributed by atoms with E-state index in [0.29, 0.717) is 16.9 Å². The van der Waals surface area contributed by atoms with Crippen molar-refractivity contribution in [1.29, 1.82) is 0 Å². The molecule has 2 N–H and O–H groups in total. The summed E-state index contributed by atoms with van der Waals surface area (Å²) in [4.78, 5) is 23.5. The van der Waals surface area contributed by atoms with Gasteiger partial charge in [-0.2, -0.15) is 0 Å². The molecule has 3 rings (SSSR count). The fraction of sp³-hybridized carbons (Fsp3) is 0.375. The Labute approximate surface area is 135 Å². The van der Waals surface area contributed by atoms with Gasteiger partial charge >= 0.3 is 5.97 Å². The molecule has 2 aromatic rings. The summed E-state index contributed by atoms with van der Waals surface area (Å²) in [6.07, 6.45) is 2.96. The molecule has 1 amide bonds. The molecule has 0 bridgehead atoms. The van der Waals surface area contributed by atoms with Crippen LogP contribution in [0.1, 0.15) is 23.2 Å². The first-order valence-electron chi connectivity index (χ1n) is 7.50. The lowest BCUT2D eigenvalue weighted by Crippen LogP contribution is -2.41. The smallest absolute Gasteiger partial charge is 0.337 e. The zero-order chi connectivity index (χ0) is 16.4. The summed E-state index contributed by atoms with van der Waals surface area (Å²) in [5.41, 5.74) is 0.922. The van der Waals surface area contributed by atoms with E-state index in [1.807, 2.05) is 6.07 Å². The Morgan fingerprint density at radius 3 is 2.65 bits per heavy atom. The SMILES string of the molecule is O=C(Cn1cc(C(=O)O)c2ccccc21)NC1CCS(=O)CC1. The number of aromatic nitrogens is 1. The van der Waals surface area contributed by atoms with Gasteiger partial charge in [0.25, 0.3) is 0 Å². The summed E-state index contributed by atoms with van der Waals surface area (Å²) >= 11 is 0. The molecule has 0 radical (unpaired) electrons. The van der Waals surface area contributed by atoms with Crippen LogP contribution in [0.5, 0.6) is 0 Å². The van der Waals surface area contributed by atoms with Crippen LogP contribution in [0.3, 0.4) is 0 Å². The van der Waals surface area contributed by atoms with Gasteiger partial charge in [0.2, 0.25) is 5.91 Å². The molecule has 0 saturated carbocycles. The number of benzene rings is 1. The molecule has 122 valence electrons. The number of carboxylic acid groups (broad SMARTS) is 1. The second-order valence-electron chi connectivity index (χ2n) is 5.68. The predicted octanol–water partition coefficient (Wildman–Crippen LogP) is 1.37. The van der Waals surface area contributed by atoms with Crippen molar-refractivity contribution in [3.63, 3.8) is 0 Å². The fourth-order valence-corrected chi connectivity index (χ4v) is 4.21. The summed E-state index contributed by atoms with van der Waals surface area (Å²) in [7, 11) is -0.756. The molecule has 0 unspecified atom stereocenters. The molecule has 1 aliphatic heterocycles. The maximum atomic E-state index is 12.2. The Hall–Kier alpha value is -2.15. The van der Waals surface area contributed by atoms with E-state index < -0.39 is 16.8 Å². The van der Waals surface area contributed by atoms with Crippen molar-refractivity contribution in [3.8, 4) is 0 Å². The molecule has 2 heterocycles. The summed E-state index contributed by atoms with van der Waals surface area (Å²) in [5, 5.41) is 12.8. The summed E-state index contributed by atoms with van der Waals surface area (Å²) < 4.78 is 13.0. The van der Waals surface area contributed by atoms with Crippen molar-refractivity contribution in [2.75, 3.05) is 11.5 Å². The van der Waals surface area contributed by atoms with Crippen molar-refractivity contribution in [2.45, 2.75) is 25.4 Å². The number of hydrogen-bond donors (Lipinski definition) is 2. The van der Waals surface area contributed by atoms with Crippen LogP contribution in [0.2, 0.25) is 0 Å². The van der Waals surface area contributed by atoms with Crippen LogP contribution in [-0.2, 0) is 22.1 Å². The molecule has 1 aromatic carbocycles. The summed E-state index contributed by atoms with van der Waals surface area (Å²) in [6, 6.07) is 7.20. The van der Waals surface area contributed by atoms with Crippen LogP contribution in [-0.4, -0.2) is 43.3 Å². The molecule has 1 aromatic heterocycles. The molecular formula is C16H18N2O4S. The maximum Gasteiger partial charge on any atom is 0.337 e. The normalized spacial score (nSPS) is 21.2. The van der Waals surface area contributed by atoms with Crippen LogP contribution in [0.25, 0.3) is 10.9 Å². The number of nitrogens with one attached hydrogen (secondary N) is 1. The quantitative estimate of drug-likeness (QED) is 0.884. The van der Waals surface area contributed by atoms with Gasteiger partial charge in [0.15, 0.2) is 0 Å². The number of aromatic carboxylic acids is 1. The second-order valence-corrected chi connectivity index (χ2v) is 7.38. The number of hydrogen-bond acceptors (Lipinski definition) is 3. The average molecular weight is 334 g/mol. The predicted molar refractivity (Wildman–Crippen MR) is 87.9 cm³/mol. The molecule has 1 aliphatic rings. The molecule has 6 nitrogen and oxygen atoms in total.